The Balaban J connectivity index is 1.59. The molecule has 0 unspecified atom stereocenters. The van der Waals surface area contributed by atoms with Gasteiger partial charge in [-0.25, -0.2) is 9.78 Å². The zero-order chi connectivity index (χ0) is 17.4. The minimum atomic E-state index is -0.512. The zero-order valence-electron chi connectivity index (χ0n) is 12.4. The van der Waals surface area contributed by atoms with Gasteiger partial charge in [-0.05, 0) is 24.3 Å². The van der Waals surface area contributed by atoms with E-state index >= 15 is 0 Å². The number of esters is 1. The van der Waals surface area contributed by atoms with Crippen molar-refractivity contribution >= 4 is 50.5 Å². The molecular formula is C16H9ClN2O4S2. The minimum absolute atomic E-state index is 0.131. The lowest BCUT2D eigenvalue weighted by Crippen LogP contribution is -2.13. The Morgan fingerprint density at radius 3 is 2.96 bits per heavy atom. The largest absolute Gasteiger partial charge is 0.464 e. The van der Waals surface area contributed by atoms with Crippen LogP contribution >= 0.6 is 34.3 Å². The van der Waals surface area contributed by atoms with Crippen molar-refractivity contribution < 1.29 is 13.9 Å². The maximum absolute atomic E-state index is 12.4. The number of H-pyrrole nitrogens is 1. The molecule has 0 radical (unpaired) electrons. The van der Waals surface area contributed by atoms with E-state index in [1.54, 1.807) is 30.5 Å². The lowest BCUT2D eigenvalue weighted by atomic mass is 10.2. The molecule has 4 heterocycles. The number of fused-ring (bicyclic) bond motifs is 1. The van der Waals surface area contributed by atoms with Crippen molar-refractivity contribution in [1.82, 2.24) is 9.97 Å². The first-order valence-corrected chi connectivity index (χ1v) is 9.16. The fraction of sp³-hybridized carbons (Fsp3) is 0.0625. The highest BCUT2D eigenvalue weighted by Crippen LogP contribution is 2.31. The molecule has 4 aromatic heterocycles. The van der Waals surface area contributed by atoms with E-state index in [-0.39, 0.29) is 18.0 Å². The van der Waals surface area contributed by atoms with Crippen molar-refractivity contribution in [2.75, 3.05) is 0 Å². The third-order valence-corrected chi connectivity index (χ3v) is 5.48. The second-order valence-corrected chi connectivity index (χ2v) is 7.57. The van der Waals surface area contributed by atoms with Gasteiger partial charge in [0.05, 0.1) is 16.0 Å². The molecule has 25 heavy (non-hydrogen) atoms. The fourth-order valence-corrected chi connectivity index (χ4v) is 4.19. The molecule has 0 aromatic carbocycles. The van der Waals surface area contributed by atoms with E-state index in [0.717, 1.165) is 11.3 Å². The highest BCUT2D eigenvalue weighted by Gasteiger charge is 2.16. The second kappa shape index (κ2) is 6.47. The summed E-state index contributed by atoms with van der Waals surface area (Å²) >= 11 is 8.25. The monoisotopic (exact) mass is 392 g/mol. The number of nitrogens with zero attached hydrogens (tertiary/aromatic N) is 1. The van der Waals surface area contributed by atoms with Crippen molar-refractivity contribution in [2.45, 2.75) is 6.61 Å². The van der Waals surface area contributed by atoms with Crippen LogP contribution in [0.3, 0.4) is 0 Å². The van der Waals surface area contributed by atoms with Crippen molar-refractivity contribution in [2.24, 2.45) is 0 Å². The zero-order valence-corrected chi connectivity index (χ0v) is 14.8. The maximum atomic E-state index is 12.4. The molecule has 4 rings (SSSR count). The summed E-state index contributed by atoms with van der Waals surface area (Å²) in [4.78, 5) is 32.3. The Morgan fingerprint density at radius 1 is 1.36 bits per heavy atom. The van der Waals surface area contributed by atoms with Gasteiger partial charge in [0.2, 0.25) is 0 Å². The Hall–Kier alpha value is -2.42. The lowest BCUT2D eigenvalue weighted by Gasteiger charge is -2.03. The van der Waals surface area contributed by atoms with Gasteiger partial charge >= 0.3 is 5.97 Å². The molecule has 0 bridgehead atoms. The molecule has 0 amide bonds. The number of aromatic amines is 1. The van der Waals surface area contributed by atoms with Crippen LogP contribution in [0.2, 0.25) is 4.34 Å². The van der Waals surface area contributed by atoms with Gasteiger partial charge in [0.25, 0.3) is 5.56 Å². The molecule has 1 N–H and O–H groups in total. The predicted octanol–water partition coefficient (Wildman–Crippen LogP) is 4.32. The molecule has 9 heteroatoms. The van der Waals surface area contributed by atoms with E-state index in [1.807, 2.05) is 5.38 Å². The summed E-state index contributed by atoms with van der Waals surface area (Å²) in [5.41, 5.74) is 0.387. The smallest absolute Gasteiger partial charge is 0.348 e. The maximum Gasteiger partial charge on any atom is 0.348 e. The van der Waals surface area contributed by atoms with Gasteiger partial charge in [-0.3, -0.25) is 4.79 Å². The number of halogens is 1. The highest BCUT2D eigenvalue weighted by molar-refractivity contribution is 7.18. The number of carbonyl (C=O) groups is 1. The van der Waals surface area contributed by atoms with Crippen LogP contribution in [0.25, 0.3) is 21.5 Å². The van der Waals surface area contributed by atoms with Crippen LogP contribution in [-0.2, 0) is 11.3 Å². The van der Waals surface area contributed by atoms with Crippen LogP contribution in [-0.4, -0.2) is 15.9 Å². The lowest BCUT2D eigenvalue weighted by molar-refractivity contribution is 0.0468. The van der Waals surface area contributed by atoms with Crippen molar-refractivity contribution in [3.05, 3.63) is 61.3 Å². The fourth-order valence-electron chi connectivity index (χ4n) is 2.30. The Morgan fingerprint density at radius 2 is 2.24 bits per heavy atom. The summed E-state index contributed by atoms with van der Waals surface area (Å²) < 4.78 is 11.0. The van der Waals surface area contributed by atoms with Gasteiger partial charge in [-0.15, -0.1) is 22.7 Å². The van der Waals surface area contributed by atoms with E-state index < -0.39 is 5.97 Å². The van der Waals surface area contributed by atoms with Gasteiger partial charge in [-0.1, -0.05) is 11.6 Å². The number of carbonyl (C=O) groups excluding carboxylic acids is 1. The number of rotatable bonds is 4. The average molecular weight is 393 g/mol. The highest BCUT2D eigenvalue weighted by atomic mass is 35.5. The number of furan rings is 1. The van der Waals surface area contributed by atoms with E-state index in [1.165, 1.54) is 11.3 Å². The molecule has 0 fully saturated rings. The van der Waals surface area contributed by atoms with Gasteiger partial charge in [0.1, 0.15) is 27.9 Å². The topological polar surface area (TPSA) is 85.2 Å². The summed E-state index contributed by atoms with van der Waals surface area (Å²) in [6.45, 7) is -0.131. The molecule has 0 aliphatic rings. The van der Waals surface area contributed by atoms with Crippen LogP contribution in [0.1, 0.15) is 15.5 Å². The molecule has 0 saturated heterocycles. The number of aromatic nitrogens is 2. The van der Waals surface area contributed by atoms with Crippen LogP contribution in [0.15, 0.2) is 45.1 Å². The summed E-state index contributed by atoms with van der Waals surface area (Å²) in [6, 6.07) is 6.74. The first-order chi connectivity index (χ1) is 12.1. The Bertz CT molecular complexity index is 1110. The first kappa shape index (κ1) is 16.1. The molecule has 0 aliphatic carbocycles. The van der Waals surface area contributed by atoms with Crippen molar-refractivity contribution in [3.8, 4) is 11.3 Å². The number of nitrogens with one attached hydrogen (secondary N) is 1. The van der Waals surface area contributed by atoms with Crippen molar-refractivity contribution in [1.29, 1.82) is 0 Å². The number of thiophene rings is 2. The predicted molar refractivity (Wildman–Crippen MR) is 96.4 cm³/mol. The summed E-state index contributed by atoms with van der Waals surface area (Å²) in [5, 5.41) is 2.27. The second-order valence-electron chi connectivity index (χ2n) is 5.00. The molecule has 0 spiro atoms. The van der Waals surface area contributed by atoms with E-state index in [0.29, 0.717) is 30.8 Å². The van der Waals surface area contributed by atoms with Gasteiger partial charge in [-0.2, -0.15) is 0 Å². The Labute approximate surface area is 153 Å². The first-order valence-electron chi connectivity index (χ1n) is 7.08. The van der Waals surface area contributed by atoms with E-state index in [9.17, 15) is 9.59 Å². The molecular weight excluding hydrogens is 384 g/mol. The number of hydrogen-bond donors (Lipinski definition) is 1. The third-order valence-electron chi connectivity index (χ3n) is 3.39. The van der Waals surface area contributed by atoms with Gasteiger partial charge in [0, 0.05) is 10.9 Å². The van der Waals surface area contributed by atoms with Gasteiger partial charge < -0.3 is 14.1 Å². The standard InChI is InChI=1S/C16H9ClN2O4S2/c17-11-4-3-10(25-11)16(21)23-6-12-18-14(20)13-8(7-24-15(13)19-12)9-2-1-5-22-9/h1-5,7H,6H2,(H,18,19,20). The third kappa shape index (κ3) is 3.11. The number of ether oxygens (including phenoxy) is 1. The minimum Gasteiger partial charge on any atom is -0.464 e. The van der Waals surface area contributed by atoms with Crippen LogP contribution in [0.4, 0.5) is 0 Å². The molecule has 126 valence electrons. The number of hydrogen-bond acceptors (Lipinski definition) is 7. The normalized spacial score (nSPS) is 11.1. The van der Waals surface area contributed by atoms with Crippen LogP contribution in [0, 0.1) is 0 Å². The summed E-state index contributed by atoms with van der Waals surface area (Å²) in [6.07, 6.45) is 1.55. The van der Waals surface area contributed by atoms with Crippen molar-refractivity contribution in [3.63, 3.8) is 0 Å². The summed E-state index contributed by atoms with van der Waals surface area (Å²) in [7, 11) is 0. The van der Waals surface area contributed by atoms with Crippen LogP contribution in [0.5, 0.6) is 0 Å². The molecule has 0 atom stereocenters. The summed E-state index contributed by atoms with van der Waals surface area (Å²) in [5.74, 6) is 0.371. The molecule has 6 nitrogen and oxygen atoms in total. The molecule has 4 aromatic rings. The average Bonchev–Trinajstić information content (AvgIpc) is 3.32. The van der Waals surface area contributed by atoms with Gasteiger partial charge in [0.15, 0.2) is 0 Å². The quantitative estimate of drug-likeness (QED) is 0.523. The Kier molecular flexibility index (Phi) is 4.16. The molecule has 0 saturated carbocycles. The molecule has 0 aliphatic heterocycles. The van der Waals surface area contributed by atoms with E-state index in [2.05, 4.69) is 9.97 Å². The van der Waals surface area contributed by atoms with E-state index in [4.69, 9.17) is 20.8 Å². The van der Waals surface area contributed by atoms with Crippen LogP contribution < -0.4 is 5.56 Å². The SMILES string of the molecule is O=C(OCc1nc2scc(-c3ccco3)c2c(=O)[nH]1)c1ccc(Cl)s1.